The number of amides is 1. The van der Waals surface area contributed by atoms with E-state index in [0.717, 1.165) is 31.1 Å². The first-order valence-corrected chi connectivity index (χ1v) is 8.13. The number of aromatic nitrogens is 1. The van der Waals surface area contributed by atoms with Crippen LogP contribution in [-0.2, 0) is 11.3 Å². The molecule has 1 aromatic heterocycles. The molecular weight excluding hydrogens is 308 g/mol. The summed E-state index contributed by atoms with van der Waals surface area (Å²) in [5.74, 6) is 0.0617. The minimum Gasteiger partial charge on any atom is -0.354 e. The van der Waals surface area contributed by atoms with Gasteiger partial charge >= 0.3 is 0 Å². The van der Waals surface area contributed by atoms with Gasteiger partial charge in [-0.1, -0.05) is 6.42 Å². The standard InChI is InChI=1S/C14H24N4OS.ClH/c1-11-16-9-13(20-11)10-18-7-3-2-4-12(18)8-17-14(19)5-6-15;/h9,12H,2-8,10,15H2,1H3,(H,17,19);1H. The van der Waals surface area contributed by atoms with Crippen molar-refractivity contribution in [2.24, 2.45) is 5.73 Å². The molecule has 0 aliphatic carbocycles. The number of rotatable bonds is 6. The molecule has 0 aromatic carbocycles. The van der Waals surface area contributed by atoms with E-state index in [-0.39, 0.29) is 18.3 Å². The molecule has 1 aliphatic rings. The Labute approximate surface area is 136 Å². The number of carbonyl (C=O) groups is 1. The number of halogens is 1. The van der Waals surface area contributed by atoms with Crippen molar-refractivity contribution in [3.63, 3.8) is 0 Å². The summed E-state index contributed by atoms with van der Waals surface area (Å²) in [6.07, 6.45) is 6.03. The lowest BCUT2D eigenvalue weighted by molar-refractivity contribution is -0.121. The van der Waals surface area contributed by atoms with Gasteiger partial charge in [0.1, 0.15) is 0 Å². The molecule has 1 aromatic rings. The van der Waals surface area contributed by atoms with Crippen molar-refractivity contribution in [1.82, 2.24) is 15.2 Å². The Kier molecular flexibility index (Phi) is 8.18. The van der Waals surface area contributed by atoms with Crippen molar-refractivity contribution in [2.45, 2.75) is 45.2 Å². The lowest BCUT2D eigenvalue weighted by atomic mass is 10.0. The van der Waals surface area contributed by atoms with Crippen molar-refractivity contribution in [3.05, 3.63) is 16.1 Å². The molecule has 7 heteroatoms. The van der Waals surface area contributed by atoms with Gasteiger partial charge in [0.15, 0.2) is 0 Å². The molecule has 120 valence electrons. The highest BCUT2D eigenvalue weighted by Gasteiger charge is 2.23. The van der Waals surface area contributed by atoms with E-state index in [2.05, 4.69) is 15.2 Å². The van der Waals surface area contributed by atoms with Gasteiger partial charge in [0.25, 0.3) is 0 Å². The van der Waals surface area contributed by atoms with E-state index in [1.807, 2.05) is 13.1 Å². The van der Waals surface area contributed by atoms with Crippen molar-refractivity contribution < 1.29 is 4.79 Å². The second-order valence-electron chi connectivity index (χ2n) is 5.31. The maximum Gasteiger partial charge on any atom is 0.221 e. The maximum atomic E-state index is 11.5. The fourth-order valence-corrected chi connectivity index (χ4v) is 3.45. The van der Waals surface area contributed by atoms with E-state index in [0.29, 0.717) is 19.0 Å². The summed E-state index contributed by atoms with van der Waals surface area (Å²) in [5.41, 5.74) is 5.39. The first-order chi connectivity index (χ1) is 9.69. The van der Waals surface area contributed by atoms with Crippen LogP contribution in [0.5, 0.6) is 0 Å². The minimum atomic E-state index is 0. The van der Waals surface area contributed by atoms with Gasteiger partial charge in [-0.15, -0.1) is 23.7 Å². The predicted molar refractivity (Wildman–Crippen MR) is 88.8 cm³/mol. The van der Waals surface area contributed by atoms with E-state index in [1.54, 1.807) is 11.3 Å². The smallest absolute Gasteiger partial charge is 0.221 e. The molecule has 1 saturated heterocycles. The largest absolute Gasteiger partial charge is 0.354 e. The molecule has 21 heavy (non-hydrogen) atoms. The zero-order valence-electron chi connectivity index (χ0n) is 12.5. The van der Waals surface area contributed by atoms with E-state index in [9.17, 15) is 4.79 Å². The first-order valence-electron chi connectivity index (χ1n) is 7.31. The van der Waals surface area contributed by atoms with Gasteiger partial charge in [0.2, 0.25) is 5.91 Å². The van der Waals surface area contributed by atoms with Crippen LogP contribution in [0.1, 0.15) is 35.6 Å². The third-order valence-corrected chi connectivity index (χ3v) is 4.58. The molecule has 1 atom stereocenters. The number of thiazole rings is 1. The highest BCUT2D eigenvalue weighted by molar-refractivity contribution is 7.11. The Hall–Kier alpha value is -0.690. The number of nitrogens with two attached hydrogens (primary N) is 1. The number of carbonyl (C=O) groups excluding carboxylic acids is 1. The van der Waals surface area contributed by atoms with Crippen LogP contribution in [-0.4, -0.2) is 41.5 Å². The van der Waals surface area contributed by atoms with E-state index in [4.69, 9.17) is 5.73 Å². The van der Waals surface area contributed by atoms with Crippen LogP contribution >= 0.6 is 23.7 Å². The number of piperidine rings is 1. The Morgan fingerprint density at radius 2 is 2.38 bits per heavy atom. The number of nitrogens with zero attached hydrogens (tertiary/aromatic N) is 2. The topological polar surface area (TPSA) is 71.2 Å². The summed E-state index contributed by atoms with van der Waals surface area (Å²) in [5, 5.41) is 4.12. The number of likely N-dealkylation sites (tertiary alicyclic amines) is 1. The number of hydrogen-bond acceptors (Lipinski definition) is 5. The first kappa shape index (κ1) is 18.4. The van der Waals surface area contributed by atoms with Gasteiger partial charge in [-0.05, 0) is 26.3 Å². The van der Waals surface area contributed by atoms with Gasteiger partial charge in [-0.25, -0.2) is 4.98 Å². The SMILES string of the molecule is Cc1ncc(CN2CCCCC2CNC(=O)CCN)s1.Cl. The minimum absolute atomic E-state index is 0. The predicted octanol–water partition coefficient (Wildman–Crippen LogP) is 1.69. The Bertz CT molecular complexity index is 440. The number of nitrogens with one attached hydrogen (secondary N) is 1. The van der Waals surface area contributed by atoms with Gasteiger partial charge < -0.3 is 11.1 Å². The average Bonchev–Trinajstić information content (AvgIpc) is 2.83. The van der Waals surface area contributed by atoms with Crippen LogP contribution in [0.15, 0.2) is 6.20 Å². The molecule has 2 heterocycles. The van der Waals surface area contributed by atoms with Gasteiger partial charge in [-0.3, -0.25) is 9.69 Å². The lowest BCUT2D eigenvalue weighted by Gasteiger charge is -2.35. The molecule has 0 radical (unpaired) electrons. The van der Waals surface area contributed by atoms with Gasteiger partial charge in [0, 0.05) is 43.2 Å². The van der Waals surface area contributed by atoms with Gasteiger partial charge in [-0.2, -0.15) is 0 Å². The normalized spacial score (nSPS) is 19.0. The summed E-state index contributed by atoms with van der Waals surface area (Å²) >= 11 is 1.76. The summed E-state index contributed by atoms with van der Waals surface area (Å²) < 4.78 is 0. The highest BCUT2D eigenvalue weighted by Crippen LogP contribution is 2.21. The van der Waals surface area contributed by atoms with Crippen LogP contribution in [0.3, 0.4) is 0 Å². The molecular formula is C14H25ClN4OS. The highest BCUT2D eigenvalue weighted by atomic mass is 35.5. The molecule has 1 fully saturated rings. The van der Waals surface area contributed by atoms with Crippen LogP contribution in [0, 0.1) is 6.92 Å². The van der Waals surface area contributed by atoms with Crippen molar-refractivity contribution in [3.8, 4) is 0 Å². The fraction of sp³-hybridized carbons (Fsp3) is 0.714. The monoisotopic (exact) mass is 332 g/mol. The molecule has 0 spiro atoms. The molecule has 1 unspecified atom stereocenters. The Morgan fingerprint density at radius 1 is 1.57 bits per heavy atom. The molecule has 2 rings (SSSR count). The zero-order valence-corrected chi connectivity index (χ0v) is 14.1. The van der Waals surface area contributed by atoms with Crippen LogP contribution in [0.4, 0.5) is 0 Å². The van der Waals surface area contributed by atoms with E-state index in [1.165, 1.54) is 17.7 Å². The summed E-state index contributed by atoms with van der Waals surface area (Å²) in [6, 6.07) is 0.438. The molecule has 0 bridgehead atoms. The van der Waals surface area contributed by atoms with E-state index < -0.39 is 0 Å². The quantitative estimate of drug-likeness (QED) is 0.831. The molecule has 1 aliphatic heterocycles. The second kappa shape index (κ2) is 9.35. The molecule has 0 saturated carbocycles. The third-order valence-electron chi connectivity index (χ3n) is 3.68. The molecule has 3 N–H and O–H groups in total. The third kappa shape index (κ3) is 5.90. The van der Waals surface area contributed by atoms with Gasteiger partial charge in [0.05, 0.1) is 5.01 Å². The summed E-state index contributed by atoms with van der Waals surface area (Å²) in [7, 11) is 0. The van der Waals surface area contributed by atoms with Crippen molar-refractivity contribution >= 4 is 29.7 Å². The molecule has 1 amide bonds. The Balaban J connectivity index is 0.00000220. The zero-order chi connectivity index (χ0) is 14.4. The fourth-order valence-electron chi connectivity index (χ4n) is 2.63. The lowest BCUT2D eigenvalue weighted by Crippen LogP contribution is -2.46. The maximum absolute atomic E-state index is 11.5. The molecule has 5 nitrogen and oxygen atoms in total. The van der Waals surface area contributed by atoms with Crippen LogP contribution in [0.2, 0.25) is 0 Å². The average molecular weight is 333 g/mol. The van der Waals surface area contributed by atoms with Crippen molar-refractivity contribution in [2.75, 3.05) is 19.6 Å². The summed E-state index contributed by atoms with van der Waals surface area (Å²) in [4.78, 5) is 19.6. The number of aryl methyl sites for hydroxylation is 1. The van der Waals surface area contributed by atoms with Crippen LogP contribution in [0.25, 0.3) is 0 Å². The van der Waals surface area contributed by atoms with E-state index >= 15 is 0 Å². The van der Waals surface area contributed by atoms with Crippen molar-refractivity contribution in [1.29, 1.82) is 0 Å². The van der Waals surface area contributed by atoms with Crippen LogP contribution < -0.4 is 11.1 Å². The summed E-state index contributed by atoms with van der Waals surface area (Å²) in [6.45, 7) is 5.24. The second-order valence-corrected chi connectivity index (χ2v) is 6.63. The Morgan fingerprint density at radius 3 is 3.05 bits per heavy atom. The number of hydrogen-bond donors (Lipinski definition) is 2.